The Kier molecular flexibility index (Phi) is 4.97. The van der Waals surface area contributed by atoms with Gasteiger partial charge in [-0.05, 0) is 37.5 Å². The third-order valence-corrected chi connectivity index (χ3v) is 5.34. The maximum Gasteiger partial charge on any atom is 0.335 e. The quantitative estimate of drug-likeness (QED) is 0.892. The predicted molar refractivity (Wildman–Crippen MR) is 76.8 cm³/mol. The van der Waals surface area contributed by atoms with Crippen LogP contribution >= 0.6 is 0 Å². The van der Waals surface area contributed by atoms with Crippen LogP contribution in [0.3, 0.4) is 0 Å². The van der Waals surface area contributed by atoms with Crippen molar-refractivity contribution in [3.63, 3.8) is 0 Å². The second-order valence-electron chi connectivity index (χ2n) is 5.11. The molecule has 1 aromatic rings. The summed E-state index contributed by atoms with van der Waals surface area (Å²) in [5.41, 5.74) is -0.0432. The first-order valence-corrected chi connectivity index (χ1v) is 8.26. The number of carboxylic acids is 1. The number of benzene rings is 1. The van der Waals surface area contributed by atoms with Crippen molar-refractivity contribution in [2.75, 3.05) is 20.2 Å². The molecule has 1 aliphatic heterocycles. The van der Waals surface area contributed by atoms with Crippen molar-refractivity contribution in [3.8, 4) is 0 Å². The average Bonchev–Trinajstić information content (AvgIpc) is 2.48. The molecule has 0 aliphatic carbocycles. The highest BCUT2D eigenvalue weighted by molar-refractivity contribution is 7.89. The van der Waals surface area contributed by atoms with Crippen LogP contribution in [0.5, 0.6) is 0 Å². The zero-order valence-electron chi connectivity index (χ0n) is 11.9. The Labute approximate surface area is 124 Å². The van der Waals surface area contributed by atoms with Gasteiger partial charge >= 0.3 is 5.97 Å². The van der Waals surface area contributed by atoms with Crippen molar-refractivity contribution in [2.45, 2.75) is 30.3 Å². The van der Waals surface area contributed by atoms with Crippen LogP contribution in [0.1, 0.15) is 29.6 Å². The van der Waals surface area contributed by atoms with Gasteiger partial charge in [-0.3, -0.25) is 0 Å². The molecule has 1 unspecified atom stereocenters. The van der Waals surface area contributed by atoms with Gasteiger partial charge < -0.3 is 9.84 Å². The molecule has 0 radical (unpaired) electrons. The Morgan fingerprint density at radius 1 is 1.43 bits per heavy atom. The molecule has 21 heavy (non-hydrogen) atoms. The number of nitrogens with zero attached hydrogens (tertiary/aromatic N) is 1. The zero-order chi connectivity index (χ0) is 15.5. The summed E-state index contributed by atoms with van der Waals surface area (Å²) in [6, 6.07) is 5.38. The maximum absolute atomic E-state index is 12.5. The molecule has 0 amide bonds. The van der Waals surface area contributed by atoms with Gasteiger partial charge in [-0.15, -0.1) is 0 Å². The van der Waals surface area contributed by atoms with Crippen molar-refractivity contribution < 1.29 is 23.1 Å². The fraction of sp³-hybridized carbons (Fsp3) is 0.500. The summed E-state index contributed by atoms with van der Waals surface area (Å²) in [6.07, 6.45) is 2.79. The topological polar surface area (TPSA) is 83.9 Å². The largest absolute Gasteiger partial charge is 0.478 e. The van der Waals surface area contributed by atoms with E-state index in [1.807, 2.05) is 0 Å². The summed E-state index contributed by atoms with van der Waals surface area (Å²) < 4.78 is 31.7. The van der Waals surface area contributed by atoms with Crippen LogP contribution in [-0.2, 0) is 14.8 Å². The Bertz CT molecular complexity index is 608. The van der Waals surface area contributed by atoms with Gasteiger partial charge in [-0.2, -0.15) is 4.31 Å². The molecule has 0 saturated carbocycles. The fourth-order valence-corrected chi connectivity index (χ4v) is 3.55. The minimum atomic E-state index is -3.70. The predicted octanol–water partition coefficient (Wildman–Crippen LogP) is 1.57. The summed E-state index contributed by atoms with van der Waals surface area (Å²) in [5.74, 6) is -1.15. The Balaban J connectivity index is 2.16. The molecular formula is C14H19NO5S. The average molecular weight is 313 g/mol. The molecule has 1 saturated heterocycles. The third kappa shape index (κ3) is 3.81. The van der Waals surface area contributed by atoms with Gasteiger partial charge in [-0.25, -0.2) is 13.2 Å². The van der Waals surface area contributed by atoms with Crippen LogP contribution in [0.25, 0.3) is 0 Å². The summed E-state index contributed by atoms with van der Waals surface area (Å²) in [4.78, 5) is 10.9. The van der Waals surface area contributed by atoms with Gasteiger partial charge in [0.2, 0.25) is 10.0 Å². The van der Waals surface area contributed by atoms with Gasteiger partial charge in [0.05, 0.1) is 16.6 Å². The van der Waals surface area contributed by atoms with Crippen molar-refractivity contribution in [2.24, 2.45) is 0 Å². The van der Waals surface area contributed by atoms with Gasteiger partial charge in [0.1, 0.15) is 0 Å². The number of sulfonamides is 1. The molecule has 2 rings (SSSR count). The summed E-state index contributed by atoms with van der Waals surface area (Å²) in [7, 11) is -2.22. The van der Waals surface area contributed by atoms with Crippen LogP contribution < -0.4 is 0 Å². The number of hydrogen-bond donors (Lipinski definition) is 1. The van der Waals surface area contributed by atoms with Crippen LogP contribution in [0.15, 0.2) is 29.2 Å². The highest BCUT2D eigenvalue weighted by atomic mass is 32.2. The lowest BCUT2D eigenvalue weighted by atomic mass is 10.1. The minimum Gasteiger partial charge on any atom is -0.478 e. The standard InChI is InChI=1S/C14H19NO5S/c1-15(10-12-6-2-3-8-20-12)21(18,19)13-7-4-5-11(9-13)14(16)17/h4-5,7,9,12H,2-3,6,8,10H2,1H3,(H,16,17). The van der Waals surface area contributed by atoms with E-state index >= 15 is 0 Å². The molecule has 0 aromatic heterocycles. The molecule has 1 fully saturated rings. The van der Waals surface area contributed by atoms with Crippen LogP contribution in [0, 0.1) is 0 Å². The molecular weight excluding hydrogens is 294 g/mol. The Hall–Kier alpha value is -1.44. The normalized spacial score (nSPS) is 19.6. The molecule has 1 aromatic carbocycles. The first-order valence-electron chi connectivity index (χ1n) is 6.82. The Morgan fingerprint density at radius 2 is 2.19 bits per heavy atom. The van der Waals surface area contributed by atoms with E-state index in [1.54, 1.807) is 0 Å². The fourth-order valence-electron chi connectivity index (χ4n) is 2.31. The van der Waals surface area contributed by atoms with Gasteiger partial charge in [0.15, 0.2) is 0 Å². The van der Waals surface area contributed by atoms with Crippen LogP contribution in [-0.4, -0.2) is 50.1 Å². The number of rotatable bonds is 5. The number of hydrogen-bond acceptors (Lipinski definition) is 4. The van der Waals surface area contributed by atoms with Crippen molar-refractivity contribution in [1.82, 2.24) is 4.31 Å². The first kappa shape index (κ1) is 15.9. The van der Waals surface area contributed by atoms with Gasteiger partial charge in [0, 0.05) is 20.2 Å². The maximum atomic E-state index is 12.5. The smallest absolute Gasteiger partial charge is 0.335 e. The van der Waals surface area contributed by atoms with E-state index in [-0.39, 0.29) is 23.1 Å². The van der Waals surface area contributed by atoms with E-state index in [0.29, 0.717) is 6.61 Å². The lowest BCUT2D eigenvalue weighted by molar-refractivity contribution is 0.00858. The van der Waals surface area contributed by atoms with Crippen LogP contribution in [0.2, 0.25) is 0 Å². The lowest BCUT2D eigenvalue weighted by Crippen LogP contribution is -2.37. The number of carbonyl (C=O) groups is 1. The second-order valence-corrected chi connectivity index (χ2v) is 7.15. The second kappa shape index (κ2) is 6.55. The van der Waals surface area contributed by atoms with E-state index in [4.69, 9.17) is 9.84 Å². The van der Waals surface area contributed by atoms with Gasteiger partial charge in [-0.1, -0.05) is 6.07 Å². The number of aromatic carboxylic acids is 1. The molecule has 1 aliphatic rings. The van der Waals surface area contributed by atoms with E-state index in [0.717, 1.165) is 19.3 Å². The highest BCUT2D eigenvalue weighted by Gasteiger charge is 2.25. The van der Waals surface area contributed by atoms with Crippen molar-refractivity contribution >= 4 is 16.0 Å². The number of ether oxygens (including phenoxy) is 1. The van der Waals surface area contributed by atoms with Crippen molar-refractivity contribution in [3.05, 3.63) is 29.8 Å². The summed E-state index contributed by atoms with van der Waals surface area (Å²) in [5, 5.41) is 8.95. The first-order chi connectivity index (χ1) is 9.91. The number of likely N-dealkylation sites (N-methyl/N-ethyl adjacent to an activating group) is 1. The van der Waals surface area contributed by atoms with Crippen LogP contribution in [0.4, 0.5) is 0 Å². The molecule has 1 heterocycles. The SMILES string of the molecule is CN(CC1CCCCO1)S(=O)(=O)c1cccc(C(=O)O)c1. The molecule has 0 bridgehead atoms. The number of carboxylic acid groups (broad SMARTS) is 1. The van der Waals surface area contributed by atoms with E-state index in [2.05, 4.69) is 0 Å². The van der Waals surface area contributed by atoms with E-state index in [9.17, 15) is 13.2 Å². The third-order valence-electron chi connectivity index (χ3n) is 3.52. The molecule has 6 nitrogen and oxygen atoms in total. The summed E-state index contributed by atoms with van der Waals surface area (Å²) in [6.45, 7) is 0.937. The molecule has 116 valence electrons. The highest BCUT2D eigenvalue weighted by Crippen LogP contribution is 2.19. The lowest BCUT2D eigenvalue weighted by Gasteiger charge is -2.27. The Morgan fingerprint density at radius 3 is 2.81 bits per heavy atom. The molecule has 1 atom stereocenters. The van der Waals surface area contributed by atoms with E-state index < -0.39 is 16.0 Å². The van der Waals surface area contributed by atoms with E-state index in [1.165, 1.54) is 35.6 Å². The minimum absolute atomic E-state index is 0.0132. The molecule has 1 N–H and O–H groups in total. The monoisotopic (exact) mass is 313 g/mol. The zero-order valence-corrected chi connectivity index (χ0v) is 12.7. The van der Waals surface area contributed by atoms with Gasteiger partial charge in [0.25, 0.3) is 0 Å². The van der Waals surface area contributed by atoms with Crippen molar-refractivity contribution in [1.29, 1.82) is 0 Å². The molecule has 7 heteroatoms. The molecule has 0 spiro atoms. The summed E-state index contributed by atoms with van der Waals surface area (Å²) >= 11 is 0.